The number of benzene rings is 1. The van der Waals surface area contributed by atoms with Crippen molar-refractivity contribution in [1.29, 1.82) is 10.5 Å². The van der Waals surface area contributed by atoms with Gasteiger partial charge in [0.1, 0.15) is 23.3 Å². The lowest BCUT2D eigenvalue weighted by atomic mass is 10.1. The molecule has 0 aliphatic carbocycles. The molecule has 22 heavy (non-hydrogen) atoms. The first kappa shape index (κ1) is 16.7. The molecule has 0 fully saturated rings. The molecule has 0 bridgehead atoms. The highest BCUT2D eigenvalue weighted by molar-refractivity contribution is 5.99. The Morgan fingerprint density at radius 2 is 1.36 bits per heavy atom. The number of ether oxygens (including phenoxy) is 2. The predicted molar refractivity (Wildman–Crippen MR) is 77.7 cm³/mol. The quantitative estimate of drug-likeness (QED) is 0.477. The third-order valence-corrected chi connectivity index (χ3v) is 2.58. The molecule has 0 spiro atoms. The molecule has 0 aromatic heterocycles. The van der Waals surface area contributed by atoms with E-state index in [0.717, 1.165) is 0 Å². The van der Waals surface area contributed by atoms with Gasteiger partial charge in [0.2, 0.25) is 0 Å². The number of nitrogens with zero attached hydrogens (tertiary/aromatic N) is 2. The van der Waals surface area contributed by atoms with Crippen LogP contribution in [0.2, 0.25) is 0 Å². The number of hydrogen-bond donors (Lipinski definition) is 0. The van der Waals surface area contributed by atoms with Crippen LogP contribution < -0.4 is 0 Å². The van der Waals surface area contributed by atoms with Gasteiger partial charge >= 0.3 is 11.9 Å². The lowest BCUT2D eigenvalue weighted by Gasteiger charge is -2.00. The normalized spacial score (nSPS) is 11.1. The Morgan fingerprint density at radius 1 is 0.955 bits per heavy atom. The van der Waals surface area contributed by atoms with Gasteiger partial charge in [0.15, 0.2) is 0 Å². The SMILES string of the molecule is COC(=O)C(C#N)=Cc1cccc(C=C(C#N)C(=O)OC)c1. The van der Waals surface area contributed by atoms with Crippen molar-refractivity contribution in [3.05, 3.63) is 46.5 Å². The van der Waals surface area contributed by atoms with Crippen molar-refractivity contribution in [2.45, 2.75) is 0 Å². The molecule has 0 radical (unpaired) electrons. The van der Waals surface area contributed by atoms with Crippen LogP contribution in [0.25, 0.3) is 12.2 Å². The average Bonchev–Trinajstić information content (AvgIpc) is 2.56. The Balaban J connectivity index is 3.21. The van der Waals surface area contributed by atoms with Gasteiger partial charge in [0, 0.05) is 0 Å². The number of methoxy groups -OCH3 is 2. The molecule has 0 amide bonds. The number of carbonyl (C=O) groups excluding carboxylic acids is 2. The molecule has 0 aliphatic heterocycles. The smallest absolute Gasteiger partial charge is 0.348 e. The average molecular weight is 296 g/mol. The van der Waals surface area contributed by atoms with E-state index in [1.165, 1.54) is 26.4 Å². The maximum Gasteiger partial charge on any atom is 0.348 e. The molecule has 1 aromatic rings. The summed E-state index contributed by atoms with van der Waals surface area (Å²) in [7, 11) is 2.37. The zero-order valence-electron chi connectivity index (χ0n) is 12.0. The Bertz CT molecular complexity index is 674. The van der Waals surface area contributed by atoms with E-state index in [-0.39, 0.29) is 11.1 Å². The minimum atomic E-state index is -0.740. The van der Waals surface area contributed by atoms with Crippen LogP contribution in [0.15, 0.2) is 35.4 Å². The molecule has 0 atom stereocenters. The van der Waals surface area contributed by atoms with Crippen molar-refractivity contribution in [1.82, 2.24) is 0 Å². The minimum Gasteiger partial charge on any atom is -0.465 e. The van der Waals surface area contributed by atoms with Crippen LogP contribution in [-0.4, -0.2) is 26.2 Å². The van der Waals surface area contributed by atoms with Gasteiger partial charge in [0.05, 0.1) is 14.2 Å². The van der Waals surface area contributed by atoms with Gasteiger partial charge in [-0.1, -0.05) is 18.2 Å². The molecule has 0 saturated carbocycles. The summed E-state index contributed by atoms with van der Waals surface area (Å²) in [6.07, 6.45) is 2.71. The summed E-state index contributed by atoms with van der Waals surface area (Å²) < 4.78 is 8.98. The fourth-order valence-corrected chi connectivity index (χ4v) is 1.57. The Labute approximate surface area is 127 Å². The van der Waals surface area contributed by atoms with E-state index in [1.807, 2.05) is 0 Å². The second-order valence-electron chi connectivity index (χ2n) is 3.99. The minimum absolute atomic E-state index is 0.155. The number of nitriles is 2. The van der Waals surface area contributed by atoms with Crippen molar-refractivity contribution in [3.63, 3.8) is 0 Å². The first-order valence-corrected chi connectivity index (χ1v) is 6.06. The number of carbonyl (C=O) groups is 2. The highest BCUT2D eigenvalue weighted by Gasteiger charge is 2.10. The van der Waals surface area contributed by atoms with E-state index >= 15 is 0 Å². The maximum atomic E-state index is 11.4. The summed E-state index contributed by atoms with van der Waals surface area (Å²) in [6, 6.07) is 10.1. The molecule has 1 aromatic carbocycles. The van der Waals surface area contributed by atoms with Gasteiger partial charge < -0.3 is 9.47 Å². The van der Waals surface area contributed by atoms with Crippen LogP contribution in [-0.2, 0) is 19.1 Å². The topological polar surface area (TPSA) is 100 Å². The molecule has 0 N–H and O–H groups in total. The lowest BCUT2D eigenvalue weighted by Crippen LogP contribution is -2.03. The van der Waals surface area contributed by atoms with Crippen molar-refractivity contribution in [3.8, 4) is 12.1 Å². The summed E-state index contributed by atoms with van der Waals surface area (Å²) in [5.74, 6) is -1.48. The second-order valence-corrected chi connectivity index (χ2v) is 3.99. The zero-order valence-corrected chi connectivity index (χ0v) is 12.0. The highest BCUT2D eigenvalue weighted by atomic mass is 16.5. The molecular weight excluding hydrogens is 284 g/mol. The Kier molecular flexibility index (Phi) is 6.09. The second kappa shape index (κ2) is 8.03. The number of hydrogen-bond acceptors (Lipinski definition) is 6. The number of rotatable bonds is 4. The number of esters is 2. The Morgan fingerprint density at radius 3 is 1.68 bits per heavy atom. The standard InChI is InChI=1S/C16H12N2O4/c1-21-15(19)13(9-17)7-11-4-3-5-12(6-11)8-14(10-18)16(20)22-2/h3-8H,1-2H3. The van der Waals surface area contributed by atoms with Crippen molar-refractivity contribution in [2.24, 2.45) is 0 Å². The lowest BCUT2D eigenvalue weighted by molar-refractivity contribution is -0.136. The maximum absolute atomic E-state index is 11.4. The molecule has 0 unspecified atom stereocenters. The molecule has 0 heterocycles. The first-order chi connectivity index (χ1) is 10.5. The summed E-state index contributed by atoms with van der Waals surface area (Å²) in [4.78, 5) is 22.7. The van der Waals surface area contributed by atoms with E-state index in [1.54, 1.807) is 36.4 Å². The first-order valence-electron chi connectivity index (χ1n) is 6.06. The van der Waals surface area contributed by atoms with Crippen molar-refractivity contribution in [2.75, 3.05) is 14.2 Å². The molecule has 6 heteroatoms. The van der Waals surface area contributed by atoms with Gasteiger partial charge in [-0.2, -0.15) is 10.5 Å². The van der Waals surface area contributed by atoms with E-state index in [2.05, 4.69) is 9.47 Å². The third kappa shape index (κ3) is 4.32. The van der Waals surface area contributed by atoms with E-state index in [9.17, 15) is 9.59 Å². The predicted octanol–water partition coefficient (Wildman–Crippen LogP) is 1.85. The molecule has 0 aliphatic rings. The molecule has 0 saturated heterocycles. The van der Waals surface area contributed by atoms with Crippen LogP contribution in [0.3, 0.4) is 0 Å². The fourth-order valence-electron chi connectivity index (χ4n) is 1.57. The molecular formula is C16H12N2O4. The van der Waals surface area contributed by atoms with E-state index in [0.29, 0.717) is 11.1 Å². The van der Waals surface area contributed by atoms with Crippen molar-refractivity contribution >= 4 is 24.1 Å². The van der Waals surface area contributed by atoms with Crippen molar-refractivity contribution < 1.29 is 19.1 Å². The summed E-state index contributed by atoms with van der Waals surface area (Å²) in [6.45, 7) is 0. The van der Waals surface area contributed by atoms with Crippen LogP contribution in [0.1, 0.15) is 11.1 Å². The largest absolute Gasteiger partial charge is 0.465 e. The van der Waals surface area contributed by atoms with Gasteiger partial charge in [-0.05, 0) is 29.3 Å². The third-order valence-electron chi connectivity index (χ3n) is 2.58. The van der Waals surface area contributed by atoms with Crippen LogP contribution in [0.5, 0.6) is 0 Å². The monoisotopic (exact) mass is 296 g/mol. The molecule has 110 valence electrons. The van der Waals surface area contributed by atoms with E-state index < -0.39 is 11.9 Å². The molecule has 6 nitrogen and oxygen atoms in total. The van der Waals surface area contributed by atoms with Crippen LogP contribution in [0, 0.1) is 22.7 Å². The van der Waals surface area contributed by atoms with Gasteiger partial charge in [-0.15, -0.1) is 0 Å². The molecule has 1 rings (SSSR count). The van der Waals surface area contributed by atoms with E-state index in [4.69, 9.17) is 10.5 Å². The van der Waals surface area contributed by atoms with Crippen LogP contribution >= 0.6 is 0 Å². The fraction of sp³-hybridized carbons (Fsp3) is 0.125. The van der Waals surface area contributed by atoms with Crippen LogP contribution in [0.4, 0.5) is 0 Å². The summed E-state index contributed by atoms with van der Waals surface area (Å²) in [5, 5.41) is 17.8. The van der Waals surface area contributed by atoms with Gasteiger partial charge in [-0.3, -0.25) is 0 Å². The zero-order chi connectivity index (χ0) is 16.5. The summed E-state index contributed by atoms with van der Waals surface area (Å²) >= 11 is 0. The Hall–Kier alpha value is -3.38. The van der Waals surface area contributed by atoms with Gasteiger partial charge in [-0.25, -0.2) is 9.59 Å². The van der Waals surface area contributed by atoms with Gasteiger partial charge in [0.25, 0.3) is 0 Å². The summed E-state index contributed by atoms with van der Waals surface area (Å²) in [5.41, 5.74) is 0.796. The highest BCUT2D eigenvalue weighted by Crippen LogP contribution is 2.14.